The molecule has 8 heteroatoms. The summed E-state index contributed by atoms with van der Waals surface area (Å²) >= 11 is 0. The third-order valence-corrected chi connectivity index (χ3v) is 3.93. The first-order chi connectivity index (χ1) is 10.9. The second-order valence-corrected chi connectivity index (χ2v) is 6.81. The molecule has 0 aliphatic heterocycles. The molecule has 0 N–H and O–H groups in total. The van der Waals surface area contributed by atoms with Gasteiger partial charge in [0.15, 0.2) is 0 Å². The van der Waals surface area contributed by atoms with Crippen molar-refractivity contribution in [3.63, 3.8) is 0 Å². The zero-order valence-corrected chi connectivity index (χ0v) is 13.6. The predicted molar refractivity (Wildman–Crippen MR) is 98.9 cm³/mol. The van der Waals surface area contributed by atoms with E-state index in [0.717, 1.165) is 22.3 Å². The van der Waals surface area contributed by atoms with Crippen molar-refractivity contribution in [1.29, 1.82) is 0 Å². The molecule has 0 saturated heterocycles. The van der Waals surface area contributed by atoms with E-state index in [1.54, 1.807) is 6.20 Å². The number of aromatic nitrogens is 4. The van der Waals surface area contributed by atoms with E-state index in [4.69, 9.17) is 20.6 Å². The van der Waals surface area contributed by atoms with E-state index in [-0.39, 0.29) is 12.1 Å². The van der Waals surface area contributed by atoms with Gasteiger partial charge in [-0.15, -0.1) is 0 Å². The number of rotatable bonds is 3. The van der Waals surface area contributed by atoms with Gasteiger partial charge in [0.25, 0.3) is 0 Å². The van der Waals surface area contributed by atoms with Crippen LogP contribution in [0.1, 0.15) is 20.8 Å². The van der Waals surface area contributed by atoms with Crippen LogP contribution in [0.15, 0.2) is 42.9 Å². The minimum Gasteiger partial charge on any atom is -0.305 e. The Morgan fingerprint density at radius 3 is 2.39 bits per heavy atom. The van der Waals surface area contributed by atoms with E-state index in [2.05, 4.69) is 30.7 Å². The zero-order chi connectivity index (χ0) is 16.6. The fraction of sp³-hybridized carbons (Fsp3) is 0.267. The van der Waals surface area contributed by atoms with Crippen molar-refractivity contribution in [3.8, 4) is 11.3 Å². The van der Waals surface area contributed by atoms with Gasteiger partial charge in [-0.1, -0.05) is 51.1 Å². The summed E-state index contributed by atoms with van der Waals surface area (Å²) in [5.74, 6) is 0. The average molecular weight is 296 g/mol. The summed E-state index contributed by atoms with van der Waals surface area (Å²) in [6, 6.07) is 9.99. The number of hydrogen-bond acceptors (Lipinski definition) is 3. The zero-order valence-electron chi connectivity index (χ0n) is 13.6. The Kier molecular flexibility index (Phi) is 4.09. The lowest BCUT2D eigenvalue weighted by Crippen LogP contribution is -2.50. The molecule has 0 spiro atoms. The fourth-order valence-corrected chi connectivity index (χ4v) is 2.99. The molecular formula is C15H16B4N4. The van der Waals surface area contributed by atoms with Crippen molar-refractivity contribution in [2.45, 2.75) is 26.1 Å². The summed E-state index contributed by atoms with van der Waals surface area (Å²) < 4.78 is 1.85. The highest BCUT2D eigenvalue weighted by Gasteiger charge is 2.36. The fourth-order valence-electron chi connectivity index (χ4n) is 2.99. The van der Waals surface area contributed by atoms with Crippen LogP contribution in [0, 0.1) is 0 Å². The molecule has 4 radical (unpaired) electrons. The molecule has 3 aromatic rings. The largest absolute Gasteiger partial charge is 0.305 e. The van der Waals surface area contributed by atoms with E-state index in [1.165, 1.54) is 6.33 Å². The molecule has 0 bridgehead atoms. The van der Waals surface area contributed by atoms with E-state index in [9.17, 15) is 0 Å². The third-order valence-electron chi connectivity index (χ3n) is 3.93. The minimum absolute atomic E-state index is 0.161. The lowest BCUT2D eigenvalue weighted by Gasteiger charge is -2.30. The van der Waals surface area contributed by atoms with Crippen LogP contribution in [0.5, 0.6) is 0 Å². The summed E-state index contributed by atoms with van der Waals surface area (Å²) in [5, 5.41) is 5.54. The molecule has 0 saturated carbocycles. The van der Waals surface area contributed by atoms with Crippen molar-refractivity contribution in [2.75, 3.05) is 0 Å². The summed E-state index contributed by atoms with van der Waals surface area (Å²) in [6.45, 7) is 6.11. The second-order valence-electron chi connectivity index (χ2n) is 6.81. The van der Waals surface area contributed by atoms with E-state index in [1.807, 2.05) is 34.9 Å². The van der Waals surface area contributed by atoms with Gasteiger partial charge < -0.3 is 4.59 Å². The van der Waals surface area contributed by atoms with Gasteiger partial charge in [0.2, 0.25) is 6.74 Å². The molecule has 0 atom stereocenters. The van der Waals surface area contributed by atoms with Crippen molar-refractivity contribution < 1.29 is 0 Å². The van der Waals surface area contributed by atoms with Crippen LogP contribution in [0.4, 0.5) is 0 Å². The topological polar surface area (TPSA) is 43.6 Å². The molecular weight excluding hydrogens is 279 g/mol. The van der Waals surface area contributed by atoms with Gasteiger partial charge >= 0.3 is 0 Å². The maximum absolute atomic E-state index is 6.07. The second kappa shape index (κ2) is 5.91. The van der Waals surface area contributed by atoms with Crippen LogP contribution < -0.4 is 0 Å². The molecule has 3 rings (SSSR count). The Morgan fingerprint density at radius 1 is 1.09 bits per heavy atom. The normalized spacial score (nSPS) is 11.6. The van der Waals surface area contributed by atoms with E-state index in [0.29, 0.717) is 0 Å². The summed E-state index contributed by atoms with van der Waals surface area (Å²) in [5.41, 5.74) is 2.61. The molecule has 108 valence electrons. The van der Waals surface area contributed by atoms with Crippen LogP contribution in [-0.4, -0.2) is 48.3 Å². The maximum atomic E-state index is 6.07. The maximum Gasteiger partial charge on any atom is 0.237 e. The van der Waals surface area contributed by atoms with Crippen LogP contribution in [0.2, 0.25) is 5.31 Å². The number of benzene rings is 1. The van der Waals surface area contributed by atoms with E-state index >= 15 is 0 Å². The van der Waals surface area contributed by atoms with Gasteiger partial charge in [-0.3, -0.25) is 0 Å². The SMILES string of the molecule is [B]B([B])B(n1nc(-c2ccccc2)c2cncnc21)C(C)(C)C. The van der Waals surface area contributed by atoms with Crippen LogP contribution in [0.25, 0.3) is 22.3 Å². The molecule has 0 aliphatic carbocycles. The molecule has 0 amide bonds. The van der Waals surface area contributed by atoms with E-state index < -0.39 is 6.39 Å². The molecule has 23 heavy (non-hydrogen) atoms. The average Bonchev–Trinajstić information content (AvgIpc) is 2.86. The smallest absolute Gasteiger partial charge is 0.237 e. The Bertz CT molecular complexity index is 811. The predicted octanol–water partition coefficient (Wildman–Crippen LogP) is 2.04. The van der Waals surface area contributed by atoms with Gasteiger partial charge in [0, 0.05) is 33.6 Å². The van der Waals surface area contributed by atoms with Crippen molar-refractivity contribution in [2.24, 2.45) is 0 Å². The molecule has 0 unspecified atom stereocenters. The molecule has 2 heterocycles. The molecule has 0 fully saturated rings. The summed E-state index contributed by atoms with van der Waals surface area (Å²) in [6.07, 6.45) is 2.77. The first-order valence-electron chi connectivity index (χ1n) is 7.64. The van der Waals surface area contributed by atoms with Gasteiger partial charge in [-0.2, -0.15) is 5.10 Å². The van der Waals surface area contributed by atoms with Gasteiger partial charge in [-0.05, 0) is 5.31 Å². The van der Waals surface area contributed by atoms with Gasteiger partial charge in [-0.25, -0.2) is 9.97 Å². The lowest BCUT2D eigenvalue weighted by atomic mass is 8.92. The highest BCUT2D eigenvalue weighted by atomic mass is 15.3. The molecule has 1 aromatic carbocycles. The number of nitrogens with zero attached hydrogens (tertiary/aromatic N) is 4. The van der Waals surface area contributed by atoms with Crippen molar-refractivity contribution in [1.82, 2.24) is 19.7 Å². The first-order valence-corrected chi connectivity index (χ1v) is 7.64. The van der Waals surface area contributed by atoms with Crippen LogP contribution in [-0.2, 0) is 0 Å². The summed E-state index contributed by atoms with van der Waals surface area (Å²) in [4.78, 5) is 8.57. The highest BCUT2D eigenvalue weighted by molar-refractivity contribution is 7.58. The Labute approximate surface area is 140 Å². The van der Waals surface area contributed by atoms with Crippen molar-refractivity contribution >= 4 is 39.6 Å². The molecule has 0 aliphatic rings. The monoisotopic (exact) mass is 296 g/mol. The minimum atomic E-state index is -0.545. The van der Waals surface area contributed by atoms with Gasteiger partial charge in [0.05, 0.1) is 5.39 Å². The number of hydrogen-bond donors (Lipinski definition) is 0. The Balaban J connectivity index is 2.27. The Hall–Kier alpha value is -1.97. The standard InChI is InChI=1S/C15H16B4N4/c1-15(2,3)18(19(16)17)23-14-12(9-20-10-21-14)13(22-23)11-7-5-4-6-8-11/h4-10H,1-3H3. The third kappa shape index (κ3) is 2.94. The molecule has 4 nitrogen and oxygen atoms in total. The highest BCUT2D eigenvalue weighted by Crippen LogP contribution is 2.32. The summed E-state index contributed by atoms with van der Waals surface area (Å²) in [7, 11) is 12.1. The van der Waals surface area contributed by atoms with Gasteiger partial charge in [0.1, 0.15) is 17.7 Å². The van der Waals surface area contributed by atoms with Crippen LogP contribution >= 0.6 is 0 Å². The quantitative estimate of drug-likeness (QED) is 0.695. The van der Waals surface area contributed by atoms with Crippen LogP contribution in [0.3, 0.4) is 0 Å². The Morgan fingerprint density at radius 2 is 1.78 bits per heavy atom. The lowest BCUT2D eigenvalue weighted by molar-refractivity contribution is 0.721. The number of fused-ring (bicyclic) bond motifs is 1. The van der Waals surface area contributed by atoms with Crippen molar-refractivity contribution in [3.05, 3.63) is 42.9 Å². The molecule has 2 aromatic heterocycles. The first kappa shape index (κ1) is 15.9.